The maximum absolute atomic E-state index is 9.68. The van der Waals surface area contributed by atoms with Crippen LogP contribution in [0.5, 0.6) is 0 Å². The van der Waals surface area contributed by atoms with Gasteiger partial charge in [0.05, 0.1) is 23.0 Å². The quantitative estimate of drug-likeness (QED) is 0.823. The maximum atomic E-state index is 9.68. The van der Waals surface area contributed by atoms with Crippen molar-refractivity contribution in [2.45, 2.75) is 25.9 Å². The fraction of sp³-hybridized carbons (Fsp3) is 0.438. The van der Waals surface area contributed by atoms with Crippen LogP contribution in [0.1, 0.15) is 19.8 Å². The Morgan fingerprint density at radius 3 is 2.75 bits per heavy atom. The molecule has 2 aromatic rings. The van der Waals surface area contributed by atoms with Crippen LogP contribution in [0.25, 0.3) is 10.9 Å². The second-order valence-corrected chi connectivity index (χ2v) is 5.63. The van der Waals surface area contributed by atoms with Gasteiger partial charge in [0.2, 0.25) is 0 Å². The summed E-state index contributed by atoms with van der Waals surface area (Å²) in [5.74, 6) is 0.412. The van der Waals surface area contributed by atoms with E-state index >= 15 is 0 Å². The van der Waals surface area contributed by atoms with Crippen LogP contribution in [0.4, 0.5) is 11.4 Å². The number of pyridine rings is 1. The average Bonchev–Trinajstić information content (AvgIpc) is 2.48. The summed E-state index contributed by atoms with van der Waals surface area (Å²) in [6.07, 6.45) is 3.61. The molecule has 1 aromatic carbocycles. The number of fused-ring (bicyclic) bond motifs is 1. The van der Waals surface area contributed by atoms with Crippen molar-refractivity contribution in [3.63, 3.8) is 0 Å². The van der Waals surface area contributed by atoms with Gasteiger partial charge in [-0.1, -0.05) is 0 Å². The Bertz CT molecular complexity index is 604. The van der Waals surface area contributed by atoms with Crippen LogP contribution in [-0.4, -0.2) is 29.3 Å². The summed E-state index contributed by atoms with van der Waals surface area (Å²) in [7, 11) is 0. The molecule has 2 heterocycles. The van der Waals surface area contributed by atoms with Gasteiger partial charge in [0.15, 0.2) is 0 Å². The predicted octanol–water partition coefficient (Wildman–Crippen LogP) is 2.41. The standard InChI is InChI=1S/C16H21N3O/c1-11(20)12-6-9-19(10-7-12)15-5-4-14-13(16(15)17)3-2-8-18-14/h2-5,8,11-12,20H,6-7,9-10,17H2,1H3. The number of aliphatic hydroxyl groups is 1. The zero-order valence-electron chi connectivity index (χ0n) is 11.8. The Morgan fingerprint density at radius 2 is 2.05 bits per heavy atom. The molecule has 4 heteroatoms. The van der Waals surface area contributed by atoms with Gasteiger partial charge in [0.1, 0.15) is 0 Å². The van der Waals surface area contributed by atoms with Crippen LogP contribution in [0.15, 0.2) is 30.5 Å². The Labute approximate surface area is 119 Å². The molecule has 20 heavy (non-hydrogen) atoms. The SMILES string of the molecule is CC(O)C1CCN(c2ccc3ncccc3c2N)CC1. The van der Waals surface area contributed by atoms with Crippen LogP contribution in [0, 0.1) is 5.92 Å². The minimum absolute atomic E-state index is 0.213. The van der Waals surface area contributed by atoms with Crippen molar-refractivity contribution in [1.29, 1.82) is 0 Å². The van der Waals surface area contributed by atoms with E-state index in [1.807, 2.05) is 25.1 Å². The summed E-state index contributed by atoms with van der Waals surface area (Å²) in [4.78, 5) is 6.65. The molecule has 0 saturated carbocycles. The molecule has 0 spiro atoms. The lowest BCUT2D eigenvalue weighted by Crippen LogP contribution is -2.37. The number of anilines is 2. The molecule has 106 valence electrons. The number of aliphatic hydroxyl groups excluding tert-OH is 1. The molecule has 1 saturated heterocycles. The predicted molar refractivity (Wildman–Crippen MR) is 82.8 cm³/mol. The third kappa shape index (κ3) is 2.31. The highest BCUT2D eigenvalue weighted by Gasteiger charge is 2.24. The van der Waals surface area contributed by atoms with E-state index in [1.165, 1.54) is 0 Å². The summed E-state index contributed by atoms with van der Waals surface area (Å²) in [5, 5.41) is 10.7. The lowest BCUT2D eigenvalue weighted by molar-refractivity contribution is 0.110. The average molecular weight is 271 g/mol. The Hall–Kier alpha value is -1.81. The molecule has 4 nitrogen and oxygen atoms in total. The second kappa shape index (κ2) is 5.29. The van der Waals surface area contributed by atoms with Gasteiger partial charge in [0, 0.05) is 24.7 Å². The highest BCUT2D eigenvalue weighted by Crippen LogP contribution is 2.33. The van der Waals surface area contributed by atoms with Crippen LogP contribution >= 0.6 is 0 Å². The lowest BCUT2D eigenvalue weighted by Gasteiger charge is -2.35. The minimum Gasteiger partial charge on any atom is -0.396 e. The molecule has 0 aliphatic carbocycles. The molecule has 0 amide bonds. The van der Waals surface area contributed by atoms with Gasteiger partial charge in [-0.15, -0.1) is 0 Å². The van der Waals surface area contributed by atoms with Gasteiger partial charge in [-0.25, -0.2) is 0 Å². The third-order valence-electron chi connectivity index (χ3n) is 4.37. The van der Waals surface area contributed by atoms with E-state index in [0.717, 1.165) is 48.2 Å². The normalized spacial score (nSPS) is 18.4. The summed E-state index contributed by atoms with van der Waals surface area (Å²) in [6, 6.07) is 8.03. The molecule has 0 bridgehead atoms. The molecule has 1 aliphatic heterocycles. The van der Waals surface area contributed by atoms with Gasteiger partial charge in [-0.2, -0.15) is 0 Å². The van der Waals surface area contributed by atoms with Crippen LogP contribution in [0.2, 0.25) is 0 Å². The van der Waals surface area contributed by atoms with Crippen molar-refractivity contribution < 1.29 is 5.11 Å². The van der Waals surface area contributed by atoms with E-state index in [9.17, 15) is 5.11 Å². The van der Waals surface area contributed by atoms with Gasteiger partial charge >= 0.3 is 0 Å². The fourth-order valence-corrected chi connectivity index (χ4v) is 3.06. The maximum Gasteiger partial charge on any atom is 0.0724 e. The van der Waals surface area contributed by atoms with E-state index in [2.05, 4.69) is 16.0 Å². The highest BCUT2D eigenvalue weighted by atomic mass is 16.3. The first-order valence-corrected chi connectivity index (χ1v) is 7.23. The van der Waals surface area contributed by atoms with Crippen molar-refractivity contribution >= 4 is 22.3 Å². The number of rotatable bonds is 2. The number of hydrogen-bond donors (Lipinski definition) is 2. The number of nitrogens with two attached hydrogens (primary N) is 1. The second-order valence-electron chi connectivity index (χ2n) is 5.63. The molecule has 1 fully saturated rings. The number of nitrogens with zero attached hydrogens (tertiary/aromatic N) is 2. The van der Waals surface area contributed by atoms with Gasteiger partial charge in [-0.05, 0) is 49.9 Å². The molecular weight excluding hydrogens is 250 g/mol. The molecule has 0 radical (unpaired) electrons. The Morgan fingerprint density at radius 1 is 1.30 bits per heavy atom. The lowest BCUT2D eigenvalue weighted by atomic mass is 9.92. The Balaban J connectivity index is 1.86. The van der Waals surface area contributed by atoms with E-state index in [-0.39, 0.29) is 6.10 Å². The molecule has 1 aromatic heterocycles. The van der Waals surface area contributed by atoms with E-state index in [4.69, 9.17) is 5.73 Å². The summed E-state index contributed by atoms with van der Waals surface area (Å²) in [5.41, 5.74) is 9.15. The summed E-state index contributed by atoms with van der Waals surface area (Å²) >= 11 is 0. The van der Waals surface area contributed by atoms with Crippen molar-refractivity contribution in [2.24, 2.45) is 5.92 Å². The number of aromatic nitrogens is 1. The van der Waals surface area contributed by atoms with E-state index in [1.54, 1.807) is 6.20 Å². The smallest absolute Gasteiger partial charge is 0.0724 e. The first-order valence-electron chi connectivity index (χ1n) is 7.23. The summed E-state index contributed by atoms with van der Waals surface area (Å²) < 4.78 is 0. The van der Waals surface area contributed by atoms with Gasteiger partial charge in [-0.3, -0.25) is 4.98 Å². The molecule has 1 unspecified atom stereocenters. The molecule has 3 N–H and O–H groups in total. The van der Waals surface area contributed by atoms with Gasteiger partial charge < -0.3 is 15.7 Å². The van der Waals surface area contributed by atoms with Crippen LogP contribution in [0.3, 0.4) is 0 Å². The number of nitrogen functional groups attached to an aromatic ring is 1. The van der Waals surface area contributed by atoms with Crippen molar-refractivity contribution in [3.8, 4) is 0 Å². The summed E-state index contributed by atoms with van der Waals surface area (Å²) in [6.45, 7) is 3.79. The minimum atomic E-state index is -0.213. The van der Waals surface area contributed by atoms with E-state index < -0.39 is 0 Å². The molecular formula is C16H21N3O. The fourth-order valence-electron chi connectivity index (χ4n) is 3.06. The molecule has 1 atom stereocenters. The number of hydrogen-bond acceptors (Lipinski definition) is 4. The van der Waals surface area contributed by atoms with Crippen molar-refractivity contribution in [3.05, 3.63) is 30.5 Å². The van der Waals surface area contributed by atoms with Crippen LogP contribution in [-0.2, 0) is 0 Å². The monoisotopic (exact) mass is 271 g/mol. The molecule has 3 rings (SSSR count). The molecule has 1 aliphatic rings. The zero-order valence-corrected chi connectivity index (χ0v) is 11.8. The largest absolute Gasteiger partial charge is 0.396 e. The first kappa shape index (κ1) is 13.2. The van der Waals surface area contributed by atoms with Crippen molar-refractivity contribution in [1.82, 2.24) is 4.98 Å². The Kier molecular flexibility index (Phi) is 3.49. The number of benzene rings is 1. The van der Waals surface area contributed by atoms with Gasteiger partial charge in [0.25, 0.3) is 0 Å². The first-order chi connectivity index (χ1) is 9.66. The zero-order chi connectivity index (χ0) is 14.1. The van der Waals surface area contributed by atoms with Crippen LogP contribution < -0.4 is 10.6 Å². The number of piperidine rings is 1. The van der Waals surface area contributed by atoms with E-state index in [0.29, 0.717) is 5.92 Å². The third-order valence-corrected chi connectivity index (χ3v) is 4.37. The van der Waals surface area contributed by atoms with Crippen molar-refractivity contribution in [2.75, 3.05) is 23.7 Å². The topological polar surface area (TPSA) is 62.4 Å². The highest BCUT2D eigenvalue weighted by molar-refractivity contribution is 5.97.